The van der Waals surface area contributed by atoms with Gasteiger partial charge in [-0.05, 0) is 25.0 Å². The second-order valence-corrected chi connectivity index (χ2v) is 5.89. The molecular weight excluding hydrogens is 328 g/mol. The Bertz CT molecular complexity index is 598. The molecule has 2 amide bonds. The summed E-state index contributed by atoms with van der Waals surface area (Å²) in [5.41, 5.74) is -0.827. The van der Waals surface area contributed by atoms with Gasteiger partial charge in [-0.2, -0.15) is 0 Å². The maximum Gasteiger partial charge on any atom is 0.305 e. The molecule has 1 aromatic rings. The van der Waals surface area contributed by atoms with Crippen molar-refractivity contribution in [3.63, 3.8) is 0 Å². The lowest BCUT2D eigenvalue weighted by atomic mass is 9.86. The van der Waals surface area contributed by atoms with E-state index in [4.69, 9.17) is 14.6 Å². The highest BCUT2D eigenvalue weighted by Gasteiger charge is 2.36. The van der Waals surface area contributed by atoms with Crippen LogP contribution in [0.5, 0.6) is 5.75 Å². The quantitative estimate of drug-likeness (QED) is 0.622. The SMILES string of the molecule is O=C(O)CC1(NC(=O)CNC(=O)COc2ccccc2)CCOCC1. The number of hydrogen-bond acceptors (Lipinski definition) is 5. The van der Waals surface area contributed by atoms with E-state index >= 15 is 0 Å². The highest BCUT2D eigenvalue weighted by Crippen LogP contribution is 2.24. The third-order valence-electron chi connectivity index (χ3n) is 3.90. The van der Waals surface area contributed by atoms with Crippen LogP contribution in [-0.4, -0.2) is 54.8 Å². The zero-order valence-corrected chi connectivity index (χ0v) is 13.8. The van der Waals surface area contributed by atoms with Crippen LogP contribution in [0.4, 0.5) is 0 Å². The van der Waals surface area contributed by atoms with Crippen molar-refractivity contribution in [1.82, 2.24) is 10.6 Å². The van der Waals surface area contributed by atoms with Crippen LogP contribution >= 0.6 is 0 Å². The number of nitrogens with one attached hydrogen (secondary N) is 2. The minimum atomic E-state index is -0.984. The number of carbonyl (C=O) groups is 3. The summed E-state index contributed by atoms with van der Waals surface area (Å²) in [4.78, 5) is 34.9. The largest absolute Gasteiger partial charge is 0.484 e. The Labute approximate surface area is 145 Å². The molecule has 1 aromatic carbocycles. The zero-order valence-electron chi connectivity index (χ0n) is 13.8. The fourth-order valence-electron chi connectivity index (χ4n) is 2.63. The van der Waals surface area contributed by atoms with E-state index in [2.05, 4.69) is 10.6 Å². The summed E-state index contributed by atoms with van der Waals surface area (Å²) >= 11 is 0. The number of aliphatic carboxylic acids is 1. The Morgan fingerprint density at radius 2 is 1.80 bits per heavy atom. The van der Waals surface area contributed by atoms with Crippen molar-refractivity contribution in [3.8, 4) is 5.75 Å². The summed E-state index contributed by atoms with van der Waals surface area (Å²) in [5, 5.41) is 14.3. The predicted octanol–water partition coefficient (Wildman–Crippen LogP) is 0.322. The number of amides is 2. The van der Waals surface area contributed by atoms with Crippen LogP contribution in [-0.2, 0) is 19.1 Å². The van der Waals surface area contributed by atoms with Gasteiger partial charge in [-0.25, -0.2) is 0 Å². The summed E-state index contributed by atoms with van der Waals surface area (Å²) in [7, 11) is 0. The summed E-state index contributed by atoms with van der Waals surface area (Å²) in [6.07, 6.45) is 0.680. The lowest BCUT2D eigenvalue weighted by Gasteiger charge is -2.36. The lowest BCUT2D eigenvalue weighted by Crippen LogP contribution is -2.55. The molecule has 8 heteroatoms. The van der Waals surface area contributed by atoms with Gasteiger partial charge in [0.05, 0.1) is 18.5 Å². The normalized spacial score (nSPS) is 15.8. The smallest absolute Gasteiger partial charge is 0.305 e. The van der Waals surface area contributed by atoms with E-state index in [1.807, 2.05) is 6.07 Å². The van der Waals surface area contributed by atoms with Gasteiger partial charge in [-0.15, -0.1) is 0 Å². The van der Waals surface area contributed by atoms with Crippen molar-refractivity contribution in [2.45, 2.75) is 24.8 Å². The summed E-state index contributed by atoms with van der Waals surface area (Å²) in [5.74, 6) is -1.29. The number of benzene rings is 1. The molecule has 0 bridgehead atoms. The average Bonchev–Trinajstić information content (AvgIpc) is 2.59. The van der Waals surface area contributed by atoms with Crippen LogP contribution in [0.15, 0.2) is 30.3 Å². The molecule has 0 unspecified atom stereocenters. The van der Waals surface area contributed by atoms with Crippen molar-refractivity contribution in [2.24, 2.45) is 0 Å². The van der Waals surface area contributed by atoms with Gasteiger partial charge < -0.3 is 25.2 Å². The van der Waals surface area contributed by atoms with Crippen molar-refractivity contribution < 1.29 is 29.0 Å². The van der Waals surface area contributed by atoms with E-state index in [0.717, 1.165) is 0 Å². The molecule has 136 valence electrons. The molecule has 0 radical (unpaired) electrons. The number of para-hydroxylation sites is 1. The summed E-state index contributed by atoms with van der Waals surface area (Å²) < 4.78 is 10.5. The van der Waals surface area contributed by atoms with Gasteiger partial charge in [-0.1, -0.05) is 18.2 Å². The van der Waals surface area contributed by atoms with Crippen LogP contribution in [0, 0.1) is 0 Å². The van der Waals surface area contributed by atoms with Gasteiger partial charge in [-0.3, -0.25) is 14.4 Å². The molecule has 0 spiro atoms. The van der Waals surface area contributed by atoms with E-state index in [9.17, 15) is 14.4 Å². The van der Waals surface area contributed by atoms with Crippen molar-refractivity contribution in [2.75, 3.05) is 26.4 Å². The van der Waals surface area contributed by atoms with E-state index in [0.29, 0.717) is 31.8 Å². The number of ether oxygens (including phenoxy) is 2. The molecule has 2 rings (SSSR count). The monoisotopic (exact) mass is 350 g/mol. The first kappa shape index (κ1) is 18.7. The lowest BCUT2D eigenvalue weighted by molar-refractivity contribution is -0.140. The standard InChI is InChI=1S/C17H22N2O6/c20-14(19-17(10-16(22)23)6-8-24-9-7-17)11-18-15(21)12-25-13-4-2-1-3-5-13/h1-5H,6-12H2,(H,18,21)(H,19,20)(H,22,23). The Hall–Kier alpha value is -2.61. The number of carboxylic acid groups (broad SMARTS) is 1. The molecular formula is C17H22N2O6. The topological polar surface area (TPSA) is 114 Å². The van der Waals surface area contributed by atoms with E-state index < -0.39 is 23.3 Å². The van der Waals surface area contributed by atoms with E-state index in [1.165, 1.54) is 0 Å². The first-order valence-corrected chi connectivity index (χ1v) is 8.04. The molecule has 3 N–H and O–H groups in total. The third kappa shape index (κ3) is 6.42. The Morgan fingerprint density at radius 1 is 1.12 bits per heavy atom. The third-order valence-corrected chi connectivity index (χ3v) is 3.90. The number of rotatable bonds is 8. The van der Waals surface area contributed by atoms with Crippen LogP contribution in [0.3, 0.4) is 0 Å². The average molecular weight is 350 g/mol. The molecule has 1 heterocycles. The van der Waals surface area contributed by atoms with E-state index in [1.54, 1.807) is 24.3 Å². The second-order valence-electron chi connectivity index (χ2n) is 5.89. The van der Waals surface area contributed by atoms with Gasteiger partial charge >= 0.3 is 5.97 Å². The van der Waals surface area contributed by atoms with Crippen molar-refractivity contribution >= 4 is 17.8 Å². The fraction of sp³-hybridized carbons (Fsp3) is 0.471. The fourth-order valence-corrected chi connectivity index (χ4v) is 2.63. The van der Waals surface area contributed by atoms with Crippen LogP contribution in [0.25, 0.3) is 0 Å². The molecule has 0 aliphatic carbocycles. The molecule has 25 heavy (non-hydrogen) atoms. The first-order chi connectivity index (χ1) is 12.0. The van der Waals surface area contributed by atoms with Crippen LogP contribution in [0.1, 0.15) is 19.3 Å². The maximum absolute atomic E-state index is 12.1. The molecule has 1 aliphatic rings. The summed E-state index contributed by atoms with van der Waals surface area (Å²) in [6, 6.07) is 8.86. The molecule has 1 aliphatic heterocycles. The Balaban J connectivity index is 1.76. The van der Waals surface area contributed by atoms with Gasteiger partial charge in [0, 0.05) is 13.2 Å². The number of hydrogen-bond donors (Lipinski definition) is 3. The molecule has 0 atom stereocenters. The minimum Gasteiger partial charge on any atom is -0.484 e. The van der Waals surface area contributed by atoms with Gasteiger partial charge in [0.15, 0.2) is 6.61 Å². The van der Waals surface area contributed by atoms with Gasteiger partial charge in [0.1, 0.15) is 5.75 Å². The molecule has 1 saturated heterocycles. The predicted molar refractivity (Wildman–Crippen MR) is 88.1 cm³/mol. The highest BCUT2D eigenvalue weighted by atomic mass is 16.5. The highest BCUT2D eigenvalue weighted by molar-refractivity contribution is 5.86. The zero-order chi connectivity index (χ0) is 18.1. The molecule has 0 saturated carbocycles. The van der Waals surface area contributed by atoms with Crippen LogP contribution < -0.4 is 15.4 Å². The first-order valence-electron chi connectivity index (χ1n) is 8.04. The minimum absolute atomic E-state index is 0.173. The molecule has 0 aromatic heterocycles. The Kier molecular flexibility index (Phi) is 6.76. The van der Waals surface area contributed by atoms with Gasteiger partial charge in [0.2, 0.25) is 5.91 Å². The summed E-state index contributed by atoms with van der Waals surface area (Å²) in [6.45, 7) is 0.348. The Morgan fingerprint density at radius 3 is 2.44 bits per heavy atom. The van der Waals surface area contributed by atoms with Gasteiger partial charge in [0.25, 0.3) is 5.91 Å². The maximum atomic E-state index is 12.1. The number of carboxylic acids is 1. The second kappa shape index (κ2) is 9.03. The molecule has 8 nitrogen and oxygen atoms in total. The molecule has 1 fully saturated rings. The van der Waals surface area contributed by atoms with Crippen molar-refractivity contribution in [3.05, 3.63) is 30.3 Å². The van der Waals surface area contributed by atoms with Crippen LogP contribution in [0.2, 0.25) is 0 Å². The van der Waals surface area contributed by atoms with E-state index in [-0.39, 0.29) is 19.6 Å². The van der Waals surface area contributed by atoms with Crippen molar-refractivity contribution in [1.29, 1.82) is 0 Å². The number of carbonyl (C=O) groups excluding carboxylic acids is 2.